The number of rotatable bonds is 2. The zero-order valence-corrected chi connectivity index (χ0v) is 9.47. The minimum Gasteiger partial charge on any atom is -0.506 e. The van der Waals surface area contributed by atoms with Crippen LogP contribution in [0.25, 0.3) is 10.9 Å². The molecule has 0 amide bonds. The van der Waals surface area contributed by atoms with Crippen molar-refractivity contribution in [2.24, 2.45) is 0 Å². The van der Waals surface area contributed by atoms with Gasteiger partial charge in [-0.25, -0.2) is 4.79 Å². The molecule has 1 aromatic carbocycles. The number of carbonyl (C=O) groups is 1. The number of para-hydroxylation sites is 1. The van der Waals surface area contributed by atoms with Crippen molar-refractivity contribution in [2.75, 3.05) is 0 Å². The molecule has 5 heteroatoms. The SMILES string of the molecule is O=C(OC1CC1)c1c(O)c2ccccc2[nH]c1=O. The van der Waals surface area contributed by atoms with Crippen molar-refractivity contribution in [3.63, 3.8) is 0 Å². The van der Waals surface area contributed by atoms with E-state index in [0.29, 0.717) is 10.9 Å². The second-order valence-corrected chi connectivity index (χ2v) is 4.33. The van der Waals surface area contributed by atoms with E-state index in [1.54, 1.807) is 24.3 Å². The summed E-state index contributed by atoms with van der Waals surface area (Å²) in [5, 5.41) is 10.4. The highest BCUT2D eigenvalue weighted by molar-refractivity contribution is 5.99. The molecule has 92 valence electrons. The number of pyridine rings is 1. The minimum atomic E-state index is -0.762. The van der Waals surface area contributed by atoms with Gasteiger partial charge in [-0.1, -0.05) is 12.1 Å². The Bertz CT molecular complexity index is 685. The van der Waals surface area contributed by atoms with Crippen LogP contribution in [0.15, 0.2) is 29.1 Å². The summed E-state index contributed by atoms with van der Waals surface area (Å²) in [6.07, 6.45) is 1.53. The van der Waals surface area contributed by atoms with E-state index >= 15 is 0 Å². The van der Waals surface area contributed by atoms with Gasteiger partial charge in [0.2, 0.25) is 0 Å². The Labute approximate surface area is 102 Å². The maximum atomic E-state index is 11.8. The maximum Gasteiger partial charge on any atom is 0.347 e. The summed E-state index contributed by atoms with van der Waals surface area (Å²) in [6.45, 7) is 0. The van der Waals surface area contributed by atoms with Crippen LogP contribution in [0, 0.1) is 0 Å². The van der Waals surface area contributed by atoms with Gasteiger partial charge in [-0.3, -0.25) is 4.79 Å². The second kappa shape index (κ2) is 3.87. The molecular weight excluding hydrogens is 234 g/mol. The summed E-state index contributed by atoms with van der Waals surface area (Å²) < 4.78 is 5.04. The second-order valence-electron chi connectivity index (χ2n) is 4.33. The van der Waals surface area contributed by atoms with Crippen LogP contribution in [-0.2, 0) is 4.74 Å². The molecule has 1 aliphatic carbocycles. The molecule has 0 spiro atoms. The predicted molar refractivity (Wildman–Crippen MR) is 64.7 cm³/mol. The predicted octanol–water partition coefficient (Wildman–Crippen LogP) is 1.55. The molecule has 0 unspecified atom stereocenters. The molecule has 0 radical (unpaired) electrons. The van der Waals surface area contributed by atoms with Crippen LogP contribution in [0.2, 0.25) is 0 Å². The molecule has 5 nitrogen and oxygen atoms in total. The van der Waals surface area contributed by atoms with E-state index in [-0.39, 0.29) is 17.4 Å². The first-order chi connectivity index (χ1) is 8.66. The largest absolute Gasteiger partial charge is 0.506 e. The molecule has 2 aromatic rings. The Kier molecular flexibility index (Phi) is 2.33. The smallest absolute Gasteiger partial charge is 0.347 e. The Morgan fingerprint density at radius 1 is 1.33 bits per heavy atom. The van der Waals surface area contributed by atoms with Crippen molar-refractivity contribution in [1.82, 2.24) is 4.98 Å². The monoisotopic (exact) mass is 245 g/mol. The quantitative estimate of drug-likeness (QED) is 0.787. The molecule has 1 heterocycles. The van der Waals surface area contributed by atoms with Gasteiger partial charge in [0.1, 0.15) is 11.9 Å². The molecular formula is C13H11NO4. The lowest BCUT2D eigenvalue weighted by molar-refractivity contribution is 0.0467. The topological polar surface area (TPSA) is 79.4 Å². The average molecular weight is 245 g/mol. The molecule has 1 aliphatic rings. The third-order valence-corrected chi connectivity index (χ3v) is 2.90. The van der Waals surface area contributed by atoms with E-state index in [1.165, 1.54) is 0 Å². The molecule has 1 saturated carbocycles. The van der Waals surface area contributed by atoms with Crippen molar-refractivity contribution in [2.45, 2.75) is 18.9 Å². The summed E-state index contributed by atoms with van der Waals surface area (Å²) in [4.78, 5) is 26.1. The van der Waals surface area contributed by atoms with E-state index in [0.717, 1.165) is 12.8 Å². The molecule has 2 N–H and O–H groups in total. The summed E-state index contributed by atoms with van der Waals surface area (Å²) in [5.41, 5.74) is -0.458. The van der Waals surface area contributed by atoms with Crippen LogP contribution < -0.4 is 5.56 Å². The highest BCUT2D eigenvalue weighted by atomic mass is 16.5. The number of aromatic hydroxyl groups is 1. The van der Waals surface area contributed by atoms with Crippen LogP contribution in [0.4, 0.5) is 0 Å². The normalized spacial score (nSPS) is 14.7. The van der Waals surface area contributed by atoms with Gasteiger partial charge in [0.05, 0.1) is 5.52 Å². The number of hydrogen-bond acceptors (Lipinski definition) is 4. The zero-order chi connectivity index (χ0) is 12.7. The van der Waals surface area contributed by atoms with Crippen LogP contribution in [0.1, 0.15) is 23.2 Å². The average Bonchev–Trinajstić information content (AvgIpc) is 3.13. The fourth-order valence-electron chi connectivity index (χ4n) is 1.81. The molecule has 0 aliphatic heterocycles. The molecule has 1 aromatic heterocycles. The van der Waals surface area contributed by atoms with Gasteiger partial charge in [-0.05, 0) is 25.0 Å². The summed E-state index contributed by atoms with van der Waals surface area (Å²) >= 11 is 0. The van der Waals surface area contributed by atoms with Crippen LogP contribution in [0.5, 0.6) is 5.75 Å². The number of nitrogens with one attached hydrogen (secondary N) is 1. The van der Waals surface area contributed by atoms with Crippen molar-refractivity contribution < 1.29 is 14.6 Å². The van der Waals surface area contributed by atoms with E-state index < -0.39 is 11.5 Å². The van der Waals surface area contributed by atoms with Crippen molar-refractivity contribution in [3.8, 4) is 5.75 Å². The first-order valence-electron chi connectivity index (χ1n) is 5.72. The third-order valence-electron chi connectivity index (χ3n) is 2.90. The fourth-order valence-corrected chi connectivity index (χ4v) is 1.81. The number of esters is 1. The lowest BCUT2D eigenvalue weighted by Crippen LogP contribution is -2.20. The lowest BCUT2D eigenvalue weighted by Gasteiger charge is -2.06. The Hall–Kier alpha value is -2.30. The van der Waals surface area contributed by atoms with E-state index in [9.17, 15) is 14.7 Å². The van der Waals surface area contributed by atoms with Gasteiger partial charge < -0.3 is 14.8 Å². The molecule has 0 atom stereocenters. The molecule has 18 heavy (non-hydrogen) atoms. The summed E-state index contributed by atoms with van der Waals surface area (Å²) in [5.74, 6) is -1.08. The van der Waals surface area contributed by atoms with Gasteiger partial charge in [0.25, 0.3) is 5.56 Å². The Morgan fingerprint density at radius 2 is 2.06 bits per heavy atom. The number of fused-ring (bicyclic) bond motifs is 1. The summed E-state index contributed by atoms with van der Waals surface area (Å²) in [7, 11) is 0. The first-order valence-corrected chi connectivity index (χ1v) is 5.72. The Balaban J connectivity index is 2.15. The number of hydrogen-bond donors (Lipinski definition) is 2. The molecule has 1 fully saturated rings. The number of carbonyl (C=O) groups excluding carboxylic acids is 1. The standard InChI is InChI=1S/C13H11NO4/c15-11-8-3-1-2-4-9(8)14-12(16)10(11)13(17)18-7-5-6-7/h1-4,7H,5-6H2,(H2,14,15,16). The summed E-state index contributed by atoms with van der Waals surface area (Å²) in [6, 6.07) is 6.75. The third kappa shape index (κ3) is 1.73. The van der Waals surface area contributed by atoms with Gasteiger partial charge >= 0.3 is 5.97 Å². The van der Waals surface area contributed by atoms with Crippen LogP contribution in [-0.4, -0.2) is 22.2 Å². The van der Waals surface area contributed by atoms with E-state index in [1.807, 2.05) is 0 Å². The Morgan fingerprint density at radius 3 is 2.78 bits per heavy atom. The number of aromatic amines is 1. The minimum absolute atomic E-state index is 0.109. The van der Waals surface area contributed by atoms with Crippen molar-refractivity contribution in [3.05, 3.63) is 40.2 Å². The number of ether oxygens (including phenoxy) is 1. The molecule has 3 rings (SSSR count). The van der Waals surface area contributed by atoms with Crippen LogP contribution in [0.3, 0.4) is 0 Å². The fraction of sp³-hybridized carbons (Fsp3) is 0.231. The zero-order valence-electron chi connectivity index (χ0n) is 9.47. The number of benzene rings is 1. The molecule has 0 bridgehead atoms. The van der Waals surface area contributed by atoms with Crippen LogP contribution >= 0.6 is 0 Å². The van der Waals surface area contributed by atoms with E-state index in [4.69, 9.17) is 4.74 Å². The van der Waals surface area contributed by atoms with E-state index in [2.05, 4.69) is 4.98 Å². The van der Waals surface area contributed by atoms with Crippen molar-refractivity contribution in [1.29, 1.82) is 0 Å². The van der Waals surface area contributed by atoms with Crippen molar-refractivity contribution >= 4 is 16.9 Å². The number of H-pyrrole nitrogens is 1. The highest BCUT2D eigenvalue weighted by Crippen LogP contribution is 2.28. The maximum absolute atomic E-state index is 11.8. The lowest BCUT2D eigenvalue weighted by atomic mass is 10.1. The number of aromatic nitrogens is 1. The molecule has 0 saturated heterocycles. The van der Waals surface area contributed by atoms with Gasteiger partial charge in [-0.2, -0.15) is 0 Å². The van der Waals surface area contributed by atoms with Gasteiger partial charge in [0.15, 0.2) is 5.56 Å². The van der Waals surface area contributed by atoms with Gasteiger partial charge in [0, 0.05) is 5.39 Å². The van der Waals surface area contributed by atoms with Gasteiger partial charge in [-0.15, -0.1) is 0 Å². The first kappa shape index (κ1) is 10.8. The highest BCUT2D eigenvalue weighted by Gasteiger charge is 2.29.